The smallest absolute Gasteiger partial charge is 0.414 e. The lowest BCUT2D eigenvalue weighted by Crippen LogP contribution is -2.33. The van der Waals surface area contributed by atoms with Gasteiger partial charge in [-0.1, -0.05) is 11.2 Å². The van der Waals surface area contributed by atoms with Crippen LogP contribution in [0.4, 0.5) is 23.7 Å². The lowest BCUT2D eigenvalue weighted by Gasteiger charge is -2.15. The maximum absolute atomic E-state index is 14.8. The van der Waals surface area contributed by atoms with Gasteiger partial charge >= 0.3 is 12.1 Å². The minimum Gasteiger partial charge on any atom is -0.442 e. The Morgan fingerprint density at radius 1 is 1.19 bits per heavy atom. The van der Waals surface area contributed by atoms with Gasteiger partial charge in [-0.05, 0) is 29.8 Å². The molecule has 3 rings (SSSR count). The summed E-state index contributed by atoms with van der Waals surface area (Å²) >= 11 is 0. The summed E-state index contributed by atoms with van der Waals surface area (Å²) in [6, 6.07) is 5.27. The van der Waals surface area contributed by atoms with E-state index in [-0.39, 0.29) is 35.8 Å². The second kappa shape index (κ2) is 9.50. The Kier molecular flexibility index (Phi) is 6.76. The largest absolute Gasteiger partial charge is 0.442 e. The Hall–Kier alpha value is -3.89. The van der Waals surface area contributed by atoms with Gasteiger partial charge in [-0.25, -0.2) is 22.8 Å². The number of nitrogens with one attached hydrogen (secondary N) is 1. The molecule has 2 amide bonds. The van der Waals surface area contributed by atoms with E-state index in [1.807, 2.05) is 0 Å². The molecule has 32 heavy (non-hydrogen) atoms. The highest BCUT2D eigenvalue weighted by Gasteiger charge is 2.33. The predicted octanol–water partition coefficient (Wildman–Crippen LogP) is 3.13. The molecule has 0 bridgehead atoms. The molecule has 1 aliphatic rings. The Morgan fingerprint density at radius 3 is 2.47 bits per heavy atom. The molecule has 1 heterocycles. The molecule has 0 saturated carbocycles. The molecule has 8 nitrogen and oxygen atoms in total. The van der Waals surface area contributed by atoms with E-state index in [0.29, 0.717) is 0 Å². The minimum absolute atomic E-state index is 0.0116. The number of oxime groups is 1. The van der Waals surface area contributed by atoms with Crippen molar-refractivity contribution in [1.82, 2.24) is 5.32 Å². The molecule has 2 aromatic rings. The van der Waals surface area contributed by atoms with Gasteiger partial charge in [0.05, 0.1) is 30.6 Å². The zero-order valence-electron chi connectivity index (χ0n) is 17.0. The first-order valence-corrected chi connectivity index (χ1v) is 9.38. The molecule has 1 fully saturated rings. The molecule has 1 aliphatic heterocycles. The van der Waals surface area contributed by atoms with Crippen molar-refractivity contribution in [3.8, 4) is 11.1 Å². The van der Waals surface area contributed by atoms with Crippen molar-refractivity contribution < 1.29 is 37.1 Å². The molecular formula is C21H18F3N3O5. The van der Waals surface area contributed by atoms with Gasteiger partial charge in [0.15, 0.2) is 0 Å². The minimum atomic E-state index is -1.01. The molecule has 0 aromatic heterocycles. The Balaban J connectivity index is 1.83. The molecule has 1 N–H and O–H groups in total. The van der Waals surface area contributed by atoms with E-state index in [9.17, 15) is 27.6 Å². The average molecular weight is 449 g/mol. The Labute approximate surface area is 180 Å². The van der Waals surface area contributed by atoms with Crippen LogP contribution in [0.2, 0.25) is 0 Å². The summed E-state index contributed by atoms with van der Waals surface area (Å²) in [7, 11) is 0. The third-order valence-corrected chi connectivity index (χ3v) is 4.45. The van der Waals surface area contributed by atoms with E-state index in [1.54, 1.807) is 0 Å². The SMILES string of the molecule is CC(=O)NC[C@H]1CN(c2cc(F)c(-c3ccc(C=NOC(C)=O)c(F)c3)c(F)c2)C(=O)O1. The number of carbonyl (C=O) groups excluding carboxylic acids is 3. The monoisotopic (exact) mass is 449 g/mol. The zero-order chi connectivity index (χ0) is 23.4. The Bertz CT molecular complexity index is 1080. The van der Waals surface area contributed by atoms with Crippen molar-refractivity contribution >= 4 is 29.9 Å². The van der Waals surface area contributed by atoms with Crippen LogP contribution in [0.5, 0.6) is 0 Å². The van der Waals surface area contributed by atoms with Crippen molar-refractivity contribution in [2.45, 2.75) is 20.0 Å². The molecule has 0 unspecified atom stereocenters. The molecule has 168 valence electrons. The third kappa shape index (κ3) is 5.23. The van der Waals surface area contributed by atoms with E-state index >= 15 is 0 Å². The van der Waals surface area contributed by atoms with Crippen LogP contribution < -0.4 is 10.2 Å². The number of hydrogen-bond acceptors (Lipinski definition) is 6. The second-order valence-electron chi connectivity index (χ2n) is 6.89. The van der Waals surface area contributed by atoms with Gasteiger partial charge in [0.2, 0.25) is 5.91 Å². The average Bonchev–Trinajstić information content (AvgIpc) is 3.08. The zero-order valence-corrected chi connectivity index (χ0v) is 17.0. The number of hydrogen-bond donors (Lipinski definition) is 1. The number of ether oxygens (including phenoxy) is 1. The molecule has 0 aliphatic carbocycles. The fraction of sp³-hybridized carbons (Fsp3) is 0.238. The lowest BCUT2D eigenvalue weighted by atomic mass is 10.0. The molecule has 1 saturated heterocycles. The number of halogens is 3. The number of cyclic esters (lactones) is 1. The number of amides is 2. The van der Waals surface area contributed by atoms with Gasteiger partial charge in [0.25, 0.3) is 0 Å². The standard InChI is InChI=1S/C21H18F3N3O5/c1-11(28)25-9-16-10-27(21(30)31-16)15-6-18(23)20(19(24)7-15)13-3-4-14(17(22)5-13)8-26-32-12(2)29/h3-8,16H,9-10H2,1-2H3,(H,25,28)/t16-/m0/s1. The van der Waals surface area contributed by atoms with Gasteiger partial charge in [0, 0.05) is 19.4 Å². The van der Waals surface area contributed by atoms with Crippen LogP contribution in [0.25, 0.3) is 11.1 Å². The van der Waals surface area contributed by atoms with Crippen LogP contribution in [0, 0.1) is 17.5 Å². The highest BCUT2D eigenvalue weighted by atomic mass is 19.1. The summed E-state index contributed by atoms with van der Waals surface area (Å²) < 4.78 is 48.9. The number of anilines is 1. The molecule has 11 heteroatoms. The van der Waals surface area contributed by atoms with E-state index in [2.05, 4.69) is 15.3 Å². The van der Waals surface area contributed by atoms with Gasteiger partial charge < -0.3 is 14.9 Å². The number of rotatable bonds is 6. The normalized spacial score (nSPS) is 15.7. The quantitative estimate of drug-likeness (QED) is 0.415. The summed E-state index contributed by atoms with van der Waals surface area (Å²) in [5.74, 6) is -3.87. The van der Waals surface area contributed by atoms with Crippen molar-refractivity contribution in [3.05, 3.63) is 53.3 Å². The maximum Gasteiger partial charge on any atom is 0.414 e. The van der Waals surface area contributed by atoms with E-state index < -0.39 is 41.2 Å². The van der Waals surface area contributed by atoms with Crippen molar-refractivity contribution in [2.75, 3.05) is 18.0 Å². The van der Waals surface area contributed by atoms with E-state index in [4.69, 9.17) is 4.74 Å². The highest BCUT2D eigenvalue weighted by Crippen LogP contribution is 2.32. The van der Waals surface area contributed by atoms with Gasteiger partial charge in [-0.3, -0.25) is 9.69 Å². The fourth-order valence-corrected chi connectivity index (χ4v) is 3.03. The van der Waals surface area contributed by atoms with Crippen LogP contribution in [-0.2, 0) is 19.2 Å². The first-order valence-electron chi connectivity index (χ1n) is 9.38. The van der Waals surface area contributed by atoms with Crippen molar-refractivity contribution in [3.63, 3.8) is 0 Å². The number of carbonyl (C=O) groups is 3. The van der Waals surface area contributed by atoms with Gasteiger partial charge in [-0.2, -0.15) is 0 Å². The first-order chi connectivity index (χ1) is 15.2. The van der Waals surface area contributed by atoms with Gasteiger partial charge in [0.1, 0.15) is 23.6 Å². The predicted molar refractivity (Wildman–Crippen MR) is 107 cm³/mol. The van der Waals surface area contributed by atoms with Gasteiger partial charge in [-0.15, -0.1) is 0 Å². The Morgan fingerprint density at radius 2 is 1.88 bits per heavy atom. The summed E-state index contributed by atoms with van der Waals surface area (Å²) in [6.07, 6.45) is -0.533. The number of benzene rings is 2. The molecule has 0 radical (unpaired) electrons. The van der Waals surface area contributed by atoms with Crippen molar-refractivity contribution in [1.29, 1.82) is 0 Å². The fourth-order valence-electron chi connectivity index (χ4n) is 3.03. The maximum atomic E-state index is 14.8. The highest BCUT2D eigenvalue weighted by molar-refractivity contribution is 5.90. The molecular weight excluding hydrogens is 431 g/mol. The molecule has 0 spiro atoms. The topological polar surface area (TPSA) is 97.3 Å². The molecule has 1 atom stereocenters. The first kappa shape index (κ1) is 22.8. The van der Waals surface area contributed by atoms with E-state index in [1.165, 1.54) is 19.1 Å². The van der Waals surface area contributed by atoms with Crippen LogP contribution in [0.3, 0.4) is 0 Å². The summed E-state index contributed by atoms with van der Waals surface area (Å²) in [5, 5.41) is 5.80. The molecule has 2 aromatic carbocycles. The summed E-state index contributed by atoms with van der Waals surface area (Å²) in [6.45, 7) is 2.48. The van der Waals surface area contributed by atoms with Crippen LogP contribution >= 0.6 is 0 Å². The van der Waals surface area contributed by atoms with Crippen molar-refractivity contribution in [2.24, 2.45) is 5.16 Å². The van der Waals surface area contributed by atoms with E-state index in [0.717, 1.165) is 36.2 Å². The second-order valence-corrected chi connectivity index (χ2v) is 6.89. The third-order valence-electron chi connectivity index (χ3n) is 4.45. The van der Waals surface area contributed by atoms with Crippen LogP contribution in [0.15, 0.2) is 35.5 Å². The number of nitrogens with zero attached hydrogens (tertiary/aromatic N) is 2. The van der Waals surface area contributed by atoms with Crippen LogP contribution in [-0.4, -0.2) is 43.4 Å². The summed E-state index contributed by atoms with van der Waals surface area (Å²) in [5.41, 5.74) is -0.707. The lowest BCUT2D eigenvalue weighted by molar-refractivity contribution is -0.140. The summed E-state index contributed by atoms with van der Waals surface area (Å²) in [4.78, 5) is 39.1. The van der Waals surface area contributed by atoms with Crippen LogP contribution in [0.1, 0.15) is 19.4 Å².